The molecule has 0 spiro atoms. The van der Waals surface area contributed by atoms with Crippen LogP contribution in [0, 0.1) is 5.92 Å². The molecular formula is C17H19BClNO5. The van der Waals surface area contributed by atoms with E-state index < -0.39 is 13.1 Å². The average Bonchev–Trinajstić information content (AvgIpc) is 3.30. The monoisotopic (exact) mass is 363 g/mol. The van der Waals surface area contributed by atoms with Crippen LogP contribution in [0.5, 0.6) is 0 Å². The maximum atomic E-state index is 12.5. The molecule has 0 radical (unpaired) electrons. The van der Waals surface area contributed by atoms with E-state index in [9.17, 15) is 14.8 Å². The third-order valence-electron chi connectivity index (χ3n) is 5.20. The number of carbonyl (C=O) groups is 1. The van der Waals surface area contributed by atoms with E-state index in [1.807, 2.05) is 6.07 Å². The van der Waals surface area contributed by atoms with Gasteiger partial charge in [-0.05, 0) is 37.3 Å². The minimum atomic E-state index is -1.67. The lowest BCUT2D eigenvalue weighted by molar-refractivity contribution is -0.126. The van der Waals surface area contributed by atoms with Crippen LogP contribution in [0.15, 0.2) is 28.9 Å². The molecule has 0 saturated carbocycles. The van der Waals surface area contributed by atoms with Crippen LogP contribution in [-0.4, -0.2) is 41.2 Å². The zero-order valence-electron chi connectivity index (χ0n) is 13.5. The van der Waals surface area contributed by atoms with Gasteiger partial charge in [-0.2, -0.15) is 0 Å². The fraction of sp³-hybridized carbons (Fsp3) is 0.471. The van der Waals surface area contributed by atoms with Crippen molar-refractivity contribution in [3.63, 3.8) is 0 Å². The molecule has 4 atom stereocenters. The van der Waals surface area contributed by atoms with Gasteiger partial charge in [-0.15, -0.1) is 0 Å². The molecule has 8 heteroatoms. The van der Waals surface area contributed by atoms with Gasteiger partial charge in [0.15, 0.2) is 5.58 Å². The van der Waals surface area contributed by atoms with Crippen LogP contribution in [0.3, 0.4) is 0 Å². The molecule has 4 rings (SSSR count). The van der Waals surface area contributed by atoms with Crippen molar-refractivity contribution in [2.75, 3.05) is 0 Å². The maximum Gasteiger partial charge on any atom is 0.475 e. The van der Waals surface area contributed by atoms with Crippen LogP contribution in [0.1, 0.15) is 24.8 Å². The zero-order valence-corrected chi connectivity index (χ0v) is 14.3. The molecular weight excluding hydrogens is 344 g/mol. The summed E-state index contributed by atoms with van der Waals surface area (Å²) >= 11 is 6.10. The molecule has 2 aliphatic rings. The molecule has 1 amide bonds. The van der Waals surface area contributed by atoms with Crippen molar-refractivity contribution in [2.45, 2.75) is 43.8 Å². The molecule has 132 valence electrons. The molecule has 2 aromatic rings. The smallest absolute Gasteiger partial charge is 0.462 e. The molecule has 1 aromatic carbocycles. The molecule has 6 nitrogen and oxygen atoms in total. The molecule has 2 saturated heterocycles. The molecule has 3 N–H and O–H groups in total. The van der Waals surface area contributed by atoms with Crippen molar-refractivity contribution in [3.8, 4) is 0 Å². The van der Waals surface area contributed by atoms with E-state index in [-0.39, 0.29) is 30.5 Å². The number of hydrogen-bond acceptors (Lipinski definition) is 5. The van der Waals surface area contributed by atoms with Gasteiger partial charge < -0.3 is 24.5 Å². The largest absolute Gasteiger partial charge is 0.475 e. The maximum absolute atomic E-state index is 12.5. The fourth-order valence-electron chi connectivity index (χ4n) is 3.90. The Balaban J connectivity index is 1.49. The lowest BCUT2D eigenvalue weighted by atomic mass is 9.75. The topological polar surface area (TPSA) is 91.9 Å². The molecule has 0 aliphatic carbocycles. The number of furan rings is 1. The highest BCUT2D eigenvalue weighted by molar-refractivity contribution is 6.43. The summed E-state index contributed by atoms with van der Waals surface area (Å²) in [6.07, 6.45) is 4.49. The number of hydrogen-bond donors (Lipinski definition) is 3. The van der Waals surface area contributed by atoms with E-state index in [1.54, 1.807) is 18.4 Å². The van der Waals surface area contributed by atoms with E-state index in [0.717, 1.165) is 23.8 Å². The summed E-state index contributed by atoms with van der Waals surface area (Å²) in [6.45, 7) is 0. The number of carbonyl (C=O) groups excluding carboxylic acids is 1. The van der Waals surface area contributed by atoms with Gasteiger partial charge in [0.1, 0.15) is 0 Å². The van der Waals surface area contributed by atoms with Crippen LogP contribution in [0.4, 0.5) is 0 Å². The highest BCUT2D eigenvalue weighted by atomic mass is 35.5. The lowest BCUT2D eigenvalue weighted by Crippen LogP contribution is -2.50. The second kappa shape index (κ2) is 6.65. The summed E-state index contributed by atoms with van der Waals surface area (Å²) < 4.78 is 11.2. The number of halogens is 1. The van der Waals surface area contributed by atoms with E-state index in [4.69, 9.17) is 20.8 Å². The number of rotatable bonds is 5. The summed E-state index contributed by atoms with van der Waals surface area (Å²) in [7, 11) is -1.67. The third-order valence-corrected chi connectivity index (χ3v) is 5.50. The molecule has 1 unspecified atom stereocenters. The lowest BCUT2D eigenvalue weighted by Gasteiger charge is -2.23. The first-order valence-corrected chi connectivity index (χ1v) is 8.87. The predicted octanol–water partition coefficient (Wildman–Crippen LogP) is 1.69. The Labute approximate surface area is 150 Å². The van der Waals surface area contributed by atoms with Gasteiger partial charge in [-0.25, -0.2) is 0 Å². The third kappa shape index (κ3) is 3.17. The van der Waals surface area contributed by atoms with Gasteiger partial charge in [-0.3, -0.25) is 4.79 Å². The first kappa shape index (κ1) is 16.9. The van der Waals surface area contributed by atoms with Crippen molar-refractivity contribution >= 4 is 35.6 Å². The van der Waals surface area contributed by atoms with E-state index in [1.165, 1.54) is 0 Å². The van der Waals surface area contributed by atoms with Gasteiger partial charge >= 0.3 is 7.12 Å². The Morgan fingerprint density at radius 1 is 1.40 bits per heavy atom. The van der Waals surface area contributed by atoms with Crippen LogP contribution >= 0.6 is 11.6 Å². The summed E-state index contributed by atoms with van der Waals surface area (Å²) in [4.78, 5) is 12.5. The Morgan fingerprint density at radius 3 is 2.92 bits per heavy atom. The second-order valence-electron chi connectivity index (χ2n) is 6.83. The predicted molar refractivity (Wildman–Crippen MR) is 93.1 cm³/mol. The number of fused-ring (bicyclic) bond motifs is 3. The summed E-state index contributed by atoms with van der Waals surface area (Å²) in [5, 5.41) is 23.5. The minimum Gasteiger partial charge on any atom is -0.462 e. The van der Waals surface area contributed by atoms with Crippen molar-refractivity contribution in [1.29, 1.82) is 0 Å². The highest BCUT2D eigenvalue weighted by Crippen LogP contribution is 2.39. The normalized spacial score (nSPS) is 26.1. The van der Waals surface area contributed by atoms with Crippen molar-refractivity contribution in [3.05, 3.63) is 35.0 Å². The first-order chi connectivity index (χ1) is 12.0. The molecule has 1 aromatic heterocycles. The van der Waals surface area contributed by atoms with Gasteiger partial charge in [-0.1, -0.05) is 23.7 Å². The Morgan fingerprint density at radius 2 is 2.24 bits per heavy atom. The Hall–Kier alpha value is -1.54. The van der Waals surface area contributed by atoms with Crippen molar-refractivity contribution < 1.29 is 24.0 Å². The van der Waals surface area contributed by atoms with Crippen molar-refractivity contribution in [1.82, 2.24) is 5.32 Å². The first-order valence-electron chi connectivity index (χ1n) is 8.49. The van der Waals surface area contributed by atoms with Gasteiger partial charge in [0.25, 0.3) is 0 Å². The molecule has 2 aliphatic heterocycles. The average molecular weight is 364 g/mol. The highest BCUT2D eigenvalue weighted by Gasteiger charge is 2.45. The fourth-order valence-corrected chi connectivity index (χ4v) is 4.12. The number of benzene rings is 1. The quantitative estimate of drug-likeness (QED) is 0.703. The molecule has 3 heterocycles. The summed E-state index contributed by atoms with van der Waals surface area (Å²) in [5.41, 5.74) is 1.32. The van der Waals surface area contributed by atoms with E-state index in [0.29, 0.717) is 17.0 Å². The van der Waals surface area contributed by atoms with Crippen LogP contribution in [-0.2, 0) is 16.0 Å². The zero-order chi connectivity index (χ0) is 17.6. The van der Waals surface area contributed by atoms with Crippen molar-refractivity contribution in [2.24, 2.45) is 5.92 Å². The molecule has 2 fully saturated rings. The van der Waals surface area contributed by atoms with Gasteiger partial charge in [0.05, 0.1) is 35.4 Å². The molecule has 25 heavy (non-hydrogen) atoms. The Kier molecular flexibility index (Phi) is 4.49. The number of ether oxygens (including phenoxy) is 1. The SMILES string of the molecule is O=C(N[C@@H](Cc1coc2c(Cl)cccc12)B(O)O)C1C[C@H]2CC[C@@H]1O2. The summed E-state index contributed by atoms with van der Waals surface area (Å²) in [5.74, 6) is -1.22. The van der Waals surface area contributed by atoms with E-state index in [2.05, 4.69) is 5.32 Å². The standard InChI is InChI=1S/C17H19BClNO5/c19-13-3-1-2-11-9(8-24-16(11)13)6-15(18(22)23)20-17(21)12-7-10-4-5-14(12)25-10/h1-3,8,10,12,14-15,22-23H,4-7H2,(H,20,21)/t10-,12?,14+,15+/m1/s1. The number of amides is 1. The Bertz CT molecular complexity index is 794. The van der Waals surface area contributed by atoms with E-state index >= 15 is 0 Å². The second-order valence-corrected chi connectivity index (χ2v) is 7.23. The van der Waals surface area contributed by atoms with Crippen LogP contribution in [0.2, 0.25) is 5.02 Å². The van der Waals surface area contributed by atoms with Gasteiger partial charge in [0, 0.05) is 5.39 Å². The number of para-hydroxylation sites is 1. The summed E-state index contributed by atoms with van der Waals surface area (Å²) in [6, 6.07) is 5.39. The van der Waals surface area contributed by atoms with Crippen LogP contribution in [0.25, 0.3) is 11.0 Å². The minimum absolute atomic E-state index is 0.0463. The number of nitrogens with one attached hydrogen (secondary N) is 1. The van der Waals surface area contributed by atoms with Crippen LogP contribution < -0.4 is 5.32 Å². The molecule has 2 bridgehead atoms. The van der Waals surface area contributed by atoms with Gasteiger partial charge in [0.2, 0.25) is 5.91 Å².